The summed E-state index contributed by atoms with van der Waals surface area (Å²) in [6.45, 7) is 4.63. The standard InChI is InChI=1S/C14H18F2N2O2/c15-11-2-3-12(13(16)10-11)14(19)17-4-1-5-18-6-8-20-9-7-18/h2-3,10H,1,4-9H2,(H,17,19). The Kier molecular flexibility index (Phi) is 5.43. The molecule has 0 unspecified atom stereocenters. The molecule has 0 atom stereocenters. The van der Waals surface area contributed by atoms with E-state index in [1.807, 2.05) is 0 Å². The molecule has 6 heteroatoms. The summed E-state index contributed by atoms with van der Waals surface area (Å²) < 4.78 is 31.4. The minimum atomic E-state index is -0.837. The molecule has 1 amide bonds. The Morgan fingerprint density at radius 1 is 1.30 bits per heavy atom. The van der Waals surface area contributed by atoms with Gasteiger partial charge in [-0.3, -0.25) is 9.69 Å². The van der Waals surface area contributed by atoms with Crippen molar-refractivity contribution in [3.05, 3.63) is 35.4 Å². The molecular formula is C14H18F2N2O2. The predicted octanol–water partition coefficient (Wildman–Crippen LogP) is 1.42. The first-order chi connectivity index (χ1) is 9.66. The molecule has 4 nitrogen and oxygen atoms in total. The number of carbonyl (C=O) groups excluding carboxylic acids is 1. The number of hydrogen-bond acceptors (Lipinski definition) is 3. The third-order valence-corrected chi connectivity index (χ3v) is 3.22. The molecule has 1 aliphatic heterocycles. The maximum atomic E-state index is 13.4. The van der Waals surface area contributed by atoms with Gasteiger partial charge in [-0.1, -0.05) is 0 Å². The highest BCUT2D eigenvalue weighted by Crippen LogP contribution is 2.09. The van der Waals surface area contributed by atoms with E-state index in [9.17, 15) is 13.6 Å². The highest BCUT2D eigenvalue weighted by molar-refractivity contribution is 5.94. The molecule has 0 saturated carbocycles. The number of benzene rings is 1. The fourth-order valence-corrected chi connectivity index (χ4v) is 2.10. The third-order valence-electron chi connectivity index (χ3n) is 3.22. The van der Waals surface area contributed by atoms with Crippen LogP contribution in [0.3, 0.4) is 0 Å². The van der Waals surface area contributed by atoms with Gasteiger partial charge in [0.15, 0.2) is 0 Å². The topological polar surface area (TPSA) is 41.6 Å². The monoisotopic (exact) mass is 284 g/mol. The van der Waals surface area contributed by atoms with Crippen molar-refractivity contribution < 1.29 is 18.3 Å². The summed E-state index contributed by atoms with van der Waals surface area (Å²) in [5.41, 5.74) is -0.127. The van der Waals surface area contributed by atoms with E-state index in [0.29, 0.717) is 12.6 Å². The van der Waals surface area contributed by atoms with Gasteiger partial charge < -0.3 is 10.1 Å². The van der Waals surface area contributed by atoms with E-state index >= 15 is 0 Å². The molecule has 0 bridgehead atoms. The Balaban J connectivity index is 1.72. The molecule has 1 N–H and O–H groups in total. The van der Waals surface area contributed by atoms with Crippen molar-refractivity contribution in [3.8, 4) is 0 Å². The smallest absolute Gasteiger partial charge is 0.254 e. The quantitative estimate of drug-likeness (QED) is 0.831. The lowest BCUT2D eigenvalue weighted by molar-refractivity contribution is 0.0374. The van der Waals surface area contributed by atoms with Crippen LogP contribution < -0.4 is 5.32 Å². The third kappa shape index (κ3) is 4.25. The van der Waals surface area contributed by atoms with Crippen LogP contribution >= 0.6 is 0 Å². The minimum absolute atomic E-state index is 0.127. The Bertz CT molecular complexity index is 462. The summed E-state index contributed by atoms with van der Waals surface area (Å²) in [5, 5.41) is 2.64. The van der Waals surface area contributed by atoms with Gasteiger partial charge in [-0.15, -0.1) is 0 Å². The fourth-order valence-electron chi connectivity index (χ4n) is 2.10. The average Bonchev–Trinajstić information content (AvgIpc) is 2.44. The van der Waals surface area contributed by atoms with Crippen molar-refractivity contribution in [3.63, 3.8) is 0 Å². The van der Waals surface area contributed by atoms with Crippen molar-refractivity contribution in [2.45, 2.75) is 6.42 Å². The van der Waals surface area contributed by atoms with Crippen molar-refractivity contribution in [1.29, 1.82) is 0 Å². The zero-order valence-electron chi connectivity index (χ0n) is 11.2. The molecular weight excluding hydrogens is 266 g/mol. The molecule has 20 heavy (non-hydrogen) atoms. The summed E-state index contributed by atoms with van der Waals surface area (Å²) >= 11 is 0. The van der Waals surface area contributed by atoms with Crippen molar-refractivity contribution in [1.82, 2.24) is 10.2 Å². The van der Waals surface area contributed by atoms with Gasteiger partial charge in [-0.2, -0.15) is 0 Å². The van der Waals surface area contributed by atoms with Crippen LogP contribution in [0.4, 0.5) is 8.78 Å². The van der Waals surface area contributed by atoms with E-state index in [1.54, 1.807) is 0 Å². The summed E-state index contributed by atoms with van der Waals surface area (Å²) in [5.74, 6) is -2.04. The highest BCUT2D eigenvalue weighted by Gasteiger charge is 2.13. The van der Waals surface area contributed by atoms with Gasteiger partial charge in [0.25, 0.3) is 5.91 Å². The van der Waals surface area contributed by atoms with Crippen LogP contribution in [0.5, 0.6) is 0 Å². The second kappa shape index (κ2) is 7.31. The average molecular weight is 284 g/mol. The molecule has 1 aliphatic rings. The normalized spacial score (nSPS) is 16.1. The number of nitrogens with zero attached hydrogens (tertiary/aromatic N) is 1. The minimum Gasteiger partial charge on any atom is -0.379 e. The van der Waals surface area contributed by atoms with Crippen molar-refractivity contribution in [2.24, 2.45) is 0 Å². The lowest BCUT2D eigenvalue weighted by atomic mass is 10.2. The first-order valence-corrected chi connectivity index (χ1v) is 6.70. The second-order valence-electron chi connectivity index (χ2n) is 4.69. The Labute approximate surface area is 116 Å². The maximum Gasteiger partial charge on any atom is 0.254 e. The maximum absolute atomic E-state index is 13.4. The van der Waals surface area contributed by atoms with E-state index in [2.05, 4.69) is 10.2 Å². The van der Waals surface area contributed by atoms with Crippen LogP contribution in [0, 0.1) is 11.6 Å². The molecule has 1 fully saturated rings. The molecule has 1 heterocycles. The van der Waals surface area contributed by atoms with Gasteiger partial charge >= 0.3 is 0 Å². The molecule has 1 aromatic rings. The molecule has 0 aliphatic carbocycles. The van der Waals surface area contributed by atoms with Gasteiger partial charge in [-0.25, -0.2) is 8.78 Å². The SMILES string of the molecule is O=C(NCCCN1CCOCC1)c1ccc(F)cc1F. The summed E-state index contributed by atoms with van der Waals surface area (Å²) in [4.78, 5) is 14.0. The van der Waals surface area contributed by atoms with Crippen LogP contribution in [0.1, 0.15) is 16.8 Å². The number of carbonyl (C=O) groups is 1. The van der Waals surface area contributed by atoms with E-state index < -0.39 is 17.5 Å². The van der Waals surface area contributed by atoms with Crippen LogP contribution in [0.25, 0.3) is 0 Å². The first kappa shape index (κ1) is 14.9. The van der Waals surface area contributed by atoms with Crippen molar-refractivity contribution >= 4 is 5.91 Å². The summed E-state index contributed by atoms with van der Waals surface area (Å²) in [6.07, 6.45) is 0.786. The van der Waals surface area contributed by atoms with Gasteiger partial charge in [-0.05, 0) is 25.1 Å². The number of rotatable bonds is 5. The zero-order valence-corrected chi connectivity index (χ0v) is 11.2. The molecule has 110 valence electrons. The Morgan fingerprint density at radius 3 is 2.75 bits per heavy atom. The van der Waals surface area contributed by atoms with Crippen LogP contribution in [-0.2, 0) is 4.74 Å². The number of nitrogens with one attached hydrogen (secondary N) is 1. The fraction of sp³-hybridized carbons (Fsp3) is 0.500. The van der Waals surface area contributed by atoms with Crippen LogP contribution in [0.15, 0.2) is 18.2 Å². The largest absolute Gasteiger partial charge is 0.379 e. The number of hydrogen-bond donors (Lipinski definition) is 1. The first-order valence-electron chi connectivity index (χ1n) is 6.70. The highest BCUT2D eigenvalue weighted by atomic mass is 19.1. The lowest BCUT2D eigenvalue weighted by Gasteiger charge is -2.26. The summed E-state index contributed by atoms with van der Waals surface area (Å²) in [7, 11) is 0. The molecule has 2 rings (SSSR count). The Hall–Kier alpha value is -1.53. The number of amides is 1. The van der Waals surface area contributed by atoms with Gasteiger partial charge in [0.1, 0.15) is 11.6 Å². The van der Waals surface area contributed by atoms with Crippen LogP contribution in [-0.4, -0.2) is 50.2 Å². The Morgan fingerprint density at radius 2 is 2.05 bits per heavy atom. The molecule has 1 aromatic carbocycles. The second-order valence-corrected chi connectivity index (χ2v) is 4.69. The van der Waals surface area contributed by atoms with Gasteiger partial charge in [0, 0.05) is 25.7 Å². The van der Waals surface area contributed by atoms with E-state index in [-0.39, 0.29) is 5.56 Å². The predicted molar refractivity (Wildman–Crippen MR) is 70.6 cm³/mol. The zero-order chi connectivity index (χ0) is 14.4. The number of morpholine rings is 1. The van der Waals surface area contributed by atoms with Crippen molar-refractivity contribution in [2.75, 3.05) is 39.4 Å². The molecule has 0 radical (unpaired) electrons. The molecule has 0 aromatic heterocycles. The summed E-state index contributed by atoms with van der Waals surface area (Å²) in [6, 6.07) is 2.94. The molecule has 0 spiro atoms. The van der Waals surface area contributed by atoms with Gasteiger partial charge in [0.05, 0.1) is 18.8 Å². The number of ether oxygens (including phenoxy) is 1. The van der Waals surface area contributed by atoms with Gasteiger partial charge in [0.2, 0.25) is 0 Å². The van der Waals surface area contributed by atoms with Crippen LogP contribution in [0.2, 0.25) is 0 Å². The molecule has 1 saturated heterocycles. The number of halogens is 2. The van der Waals surface area contributed by atoms with E-state index in [0.717, 1.165) is 51.4 Å². The lowest BCUT2D eigenvalue weighted by Crippen LogP contribution is -2.38. The van der Waals surface area contributed by atoms with E-state index in [4.69, 9.17) is 4.74 Å². The van der Waals surface area contributed by atoms with E-state index in [1.165, 1.54) is 0 Å².